The molecule has 6 nitrogen and oxygen atoms in total. The van der Waals surface area contributed by atoms with Crippen LogP contribution in [0.3, 0.4) is 0 Å². The minimum absolute atomic E-state index is 0. The molecule has 130 valence electrons. The molecule has 1 atom stereocenters. The summed E-state index contributed by atoms with van der Waals surface area (Å²) in [6.07, 6.45) is 0.615. The molecule has 0 aliphatic carbocycles. The number of hydrogen-bond donors (Lipinski definition) is 2. The highest BCUT2D eigenvalue weighted by atomic mass is 127. The van der Waals surface area contributed by atoms with E-state index in [-0.39, 0.29) is 41.5 Å². The van der Waals surface area contributed by atoms with Crippen LogP contribution in [0.15, 0.2) is 29.3 Å². The molecule has 1 aromatic rings. The number of benzene rings is 1. The van der Waals surface area contributed by atoms with Gasteiger partial charge in [-0.1, -0.05) is 11.6 Å². The Morgan fingerprint density at radius 3 is 2.65 bits per heavy atom. The zero-order valence-corrected chi connectivity index (χ0v) is 16.7. The van der Waals surface area contributed by atoms with Crippen molar-refractivity contribution in [3.8, 4) is 5.75 Å². The molecular formula is C14H21ClIN3O3S. The Kier molecular flexibility index (Phi) is 8.41. The molecule has 1 unspecified atom stereocenters. The maximum atomic E-state index is 11.4. The maximum absolute atomic E-state index is 11.4. The third-order valence-corrected chi connectivity index (χ3v) is 5.29. The van der Waals surface area contributed by atoms with Crippen LogP contribution in [0.5, 0.6) is 5.75 Å². The zero-order valence-electron chi connectivity index (χ0n) is 12.8. The molecule has 1 aliphatic heterocycles. The fraction of sp³-hybridized carbons (Fsp3) is 0.500. The number of rotatable bonds is 5. The Hall–Kier alpha value is -0.740. The number of nitrogens with one attached hydrogen (secondary N) is 2. The average Bonchev–Trinajstić information content (AvgIpc) is 2.83. The van der Waals surface area contributed by atoms with Gasteiger partial charge in [-0.2, -0.15) is 0 Å². The first-order chi connectivity index (χ1) is 10.5. The van der Waals surface area contributed by atoms with E-state index < -0.39 is 9.84 Å². The molecule has 1 aliphatic rings. The van der Waals surface area contributed by atoms with Crippen molar-refractivity contribution < 1.29 is 13.2 Å². The Balaban J connectivity index is 0.00000264. The highest BCUT2D eigenvalue weighted by molar-refractivity contribution is 14.0. The molecular weight excluding hydrogens is 453 g/mol. The molecule has 0 spiro atoms. The number of sulfone groups is 1. The lowest BCUT2D eigenvalue weighted by molar-refractivity contribution is 0.321. The van der Waals surface area contributed by atoms with Crippen LogP contribution in [0.25, 0.3) is 0 Å². The van der Waals surface area contributed by atoms with Gasteiger partial charge in [-0.05, 0) is 30.7 Å². The van der Waals surface area contributed by atoms with Crippen LogP contribution in [0.4, 0.5) is 0 Å². The van der Waals surface area contributed by atoms with Gasteiger partial charge < -0.3 is 15.4 Å². The molecule has 0 aromatic heterocycles. The highest BCUT2D eigenvalue weighted by Gasteiger charge is 2.28. The summed E-state index contributed by atoms with van der Waals surface area (Å²) in [6.45, 7) is 1.02. The van der Waals surface area contributed by atoms with E-state index in [1.807, 2.05) is 0 Å². The molecule has 1 saturated heterocycles. The number of guanidine groups is 1. The van der Waals surface area contributed by atoms with Gasteiger partial charge in [-0.3, -0.25) is 4.99 Å². The molecule has 1 aromatic carbocycles. The first-order valence-corrected chi connectivity index (χ1v) is 9.24. The number of halogens is 2. The van der Waals surface area contributed by atoms with Gasteiger partial charge in [-0.25, -0.2) is 8.42 Å². The SMILES string of the molecule is CN=C(NCCOc1ccc(Cl)cc1)NC1CCS(=O)(=O)C1.I. The van der Waals surface area contributed by atoms with Crippen LogP contribution in [0, 0.1) is 0 Å². The Bertz CT molecular complexity index is 623. The first kappa shape index (κ1) is 20.3. The second-order valence-corrected chi connectivity index (χ2v) is 7.71. The fourth-order valence-electron chi connectivity index (χ4n) is 2.17. The van der Waals surface area contributed by atoms with E-state index >= 15 is 0 Å². The topological polar surface area (TPSA) is 79.8 Å². The molecule has 1 fully saturated rings. The maximum Gasteiger partial charge on any atom is 0.191 e. The van der Waals surface area contributed by atoms with Gasteiger partial charge in [-0.15, -0.1) is 24.0 Å². The summed E-state index contributed by atoms with van der Waals surface area (Å²) >= 11 is 5.80. The van der Waals surface area contributed by atoms with E-state index in [1.54, 1.807) is 31.3 Å². The number of ether oxygens (including phenoxy) is 1. The van der Waals surface area contributed by atoms with Crippen molar-refractivity contribution in [2.75, 3.05) is 31.7 Å². The molecule has 0 saturated carbocycles. The van der Waals surface area contributed by atoms with Crippen molar-refractivity contribution >= 4 is 51.4 Å². The Morgan fingerprint density at radius 1 is 1.39 bits per heavy atom. The van der Waals surface area contributed by atoms with Crippen LogP contribution < -0.4 is 15.4 Å². The summed E-state index contributed by atoms with van der Waals surface area (Å²) in [5, 5.41) is 6.88. The second-order valence-electron chi connectivity index (χ2n) is 5.05. The van der Waals surface area contributed by atoms with Gasteiger partial charge in [0.2, 0.25) is 0 Å². The van der Waals surface area contributed by atoms with Gasteiger partial charge in [0.05, 0.1) is 18.1 Å². The van der Waals surface area contributed by atoms with Gasteiger partial charge in [0, 0.05) is 18.1 Å². The summed E-state index contributed by atoms with van der Waals surface area (Å²) in [5.74, 6) is 1.73. The number of aliphatic imine (C=N–C) groups is 1. The summed E-state index contributed by atoms with van der Waals surface area (Å²) in [4.78, 5) is 4.08. The highest BCUT2D eigenvalue weighted by Crippen LogP contribution is 2.15. The third-order valence-electron chi connectivity index (χ3n) is 3.27. The summed E-state index contributed by atoms with van der Waals surface area (Å²) in [6, 6.07) is 7.07. The van der Waals surface area contributed by atoms with E-state index in [1.165, 1.54) is 0 Å². The normalized spacial score (nSPS) is 19.7. The Labute approximate surface area is 159 Å². The first-order valence-electron chi connectivity index (χ1n) is 7.04. The number of nitrogens with zero attached hydrogens (tertiary/aromatic N) is 1. The summed E-state index contributed by atoms with van der Waals surface area (Å²) in [7, 11) is -1.24. The minimum Gasteiger partial charge on any atom is -0.492 e. The van der Waals surface area contributed by atoms with Crippen molar-refractivity contribution in [1.29, 1.82) is 0 Å². The monoisotopic (exact) mass is 473 g/mol. The van der Waals surface area contributed by atoms with Crippen LogP contribution in [0.2, 0.25) is 5.02 Å². The third kappa shape index (κ3) is 7.13. The minimum atomic E-state index is -2.89. The van der Waals surface area contributed by atoms with E-state index in [2.05, 4.69) is 15.6 Å². The molecule has 0 amide bonds. The average molecular weight is 474 g/mol. The van der Waals surface area contributed by atoms with Crippen LogP contribution in [-0.2, 0) is 9.84 Å². The van der Waals surface area contributed by atoms with E-state index in [9.17, 15) is 8.42 Å². The smallest absolute Gasteiger partial charge is 0.191 e. The van der Waals surface area contributed by atoms with E-state index in [0.717, 1.165) is 5.75 Å². The zero-order chi connectivity index (χ0) is 16.0. The standard InChI is InChI=1S/C14H20ClN3O3S.HI/c1-16-14(18-12-6-9-22(19,20)10-12)17-7-8-21-13-4-2-11(15)3-5-13;/h2-5,12H,6-10H2,1H3,(H2,16,17,18);1H. The van der Waals surface area contributed by atoms with Crippen molar-refractivity contribution in [3.05, 3.63) is 29.3 Å². The summed E-state index contributed by atoms with van der Waals surface area (Å²) in [5.41, 5.74) is 0. The van der Waals surface area contributed by atoms with Crippen molar-refractivity contribution in [2.45, 2.75) is 12.5 Å². The van der Waals surface area contributed by atoms with Crippen LogP contribution in [0.1, 0.15) is 6.42 Å². The van der Waals surface area contributed by atoms with E-state index in [4.69, 9.17) is 16.3 Å². The van der Waals surface area contributed by atoms with E-state index in [0.29, 0.717) is 30.6 Å². The van der Waals surface area contributed by atoms with Crippen molar-refractivity contribution in [3.63, 3.8) is 0 Å². The van der Waals surface area contributed by atoms with Gasteiger partial charge >= 0.3 is 0 Å². The molecule has 23 heavy (non-hydrogen) atoms. The van der Waals surface area contributed by atoms with Gasteiger partial charge in [0.15, 0.2) is 15.8 Å². The molecule has 2 N–H and O–H groups in total. The lowest BCUT2D eigenvalue weighted by Crippen LogP contribution is -2.45. The van der Waals surface area contributed by atoms with Crippen LogP contribution in [-0.4, -0.2) is 52.1 Å². The lowest BCUT2D eigenvalue weighted by Gasteiger charge is -2.16. The Morgan fingerprint density at radius 2 is 2.09 bits per heavy atom. The van der Waals surface area contributed by atoms with Gasteiger partial charge in [0.25, 0.3) is 0 Å². The number of hydrogen-bond acceptors (Lipinski definition) is 4. The molecule has 0 radical (unpaired) electrons. The fourth-order valence-corrected chi connectivity index (χ4v) is 3.97. The quantitative estimate of drug-likeness (QED) is 0.294. The largest absolute Gasteiger partial charge is 0.492 e. The predicted octanol–water partition coefficient (Wildman–Crippen LogP) is 1.69. The van der Waals surface area contributed by atoms with Crippen LogP contribution >= 0.6 is 35.6 Å². The molecule has 0 bridgehead atoms. The van der Waals surface area contributed by atoms with Crippen molar-refractivity contribution in [1.82, 2.24) is 10.6 Å². The predicted molar refractivity (Wildman–Crippen MR) is 104 cm³/mol. The molecule has 2 rings (SSSR count). The molecule has 1 heterocycles. The van der Waals surface area contributed by atoms with Crippen molar-refractivity contribution in [2.24, 2.45) is 4.99 Å². The molecule has 9 heteroatoms. The second kappa shape index (κ2) is 9.53. The lowest BCUT2D eigenvalue weighted by atomic mass is 10.3. The van der Waals surface area contributed by atoms with Gasteiger partial charge in [0.1, 0.15) is 12.4 Å². The summed E-state index contributed by atoms with van der Waals surface area (Å²) < 4.78 is 28.4.